The summed E-state index contributed by atoms with van der Waals surface area (Å²) in [5.41, 5.74) is 1.04. The van der Waals surface area contributed by atoms with Crippen LogP contribution in [0.3, 0.4) is 0 Å². The van der Waals surface area contributed by atoms with E-state index in [0.29, 0.717) is 31.0 Å². The molecule has 0 saturated heterocycles. The maximum atomic E-state index is 5.47. The largest absolute Gasteiger partial charge is 0.407 e. The zero-order valence-corrected chi connectivity index (χ0v) is 11.0. The van der Waals surface area contributed by atoms with Gasteiger partial charge in [-0.05, 0) is 19.8 Å². The Bertz CT molecular complexity index is 519. The summed E-state index contributed by atoms with van der Waals surface area (Å²) in [5.74, 6) is 0.625. The summed E-state index contributed by atoms with van der Waals surface area (Å²) in [7, 11) is 0. The van der Waals surface area contributed by atoms with Crippen molar-refractivity contribution >= 4 is 17.4 Å². The molecule has 7 heteroatoms. The Kier molecular flexibility index (Phi) is 3.24. The highest BCUT2D eigenvalue weighted by Crippen LogP contribution is 2.19. The Hall–Kier alpha value is -1.47. The van der Waals surface area contributed by atoms with Gasteiger partial charge in [-0.15, -0.1) is 16.4 Å². The van der Waals surface area contributed by atoms with Gasteiger partial charge in [-0.3, -0.25) is 0 Å². The zero-order valence-electron chi connectivity index (χ0n) is 10.1. The van der Waals surface area contributed by atoms with Gasteiger partial charge in [0.1, 0.15) is 5.01 Å². The van der Waals surface area contributed by atoms with Crippen LogP contribution in [-0.4, -0.2) is 21.2 Å². The lowest BCUT2D eigenvalue weighted by molar-refractivity contribution is 0.475. The molecule has 96 valence electrons. The minimum atomic E-state index is 0.454. The minimum Gasteiger partial charge on any atom is -0.407 e. The van der Waals surface area contributed by atoms with Crippen LogP contribution >= 0.6 is 11.3 Å². The molecule has 0 aliphatic heterocycles. The second kappa shape index (κ2) is 5.03. The second-order valence-corrected chi connectivity index (χ2v) is 5.33. The summed E-state index contributed by atoms with van der Waals surface area (Å²) in [4.78, 5) is 4.35. The van der Waals surface area contributed by atoms with Gasteiger partial charge in [0.2, 0.25) is 5.89 Å². The number of aryl methyl sites for hydroxylation is 1. The molecule has 2 heterocycles. The lowest BCUT2D eigenvalue weighted by Gasteiger charge is -1.97. The molecule has 1 aliphatic rings. The summed E-state index contributed by atoms with van der Waals surface area (Å²) in [6.07, 6.45) is 2.51. The number of nitrogens with one attached hydrogen (secondary N) is 2. The topological polar surface area (TPSA) is 75.9 Å². The molecule has 1 fully saturated rings. The van der Waals surface area contributed by atoms with Gasteiger partial charge in [0, 0.05) is 17.1 Å². The number of hydrogen-bond acceptors (Lipinski definition) is 7. The molecule has 1 saturated carbocycles. The van der Waals surface area contributed by atoms with Gasteiger partial charge in [-0.1, -0.05) is 5.10 Å². The SMILES string of the molecule is Cc1csc(CNc2nnc(CNC3CC3)o2)n1. The van der Waals surface area contributed by atoms with Gasteiger partial charge in [-0.2, -0.15) is 0 Å². The Morgan fingerprint density at radius 2 is 2.28 bits per heavy atom. The highest BCUT2D eigenvalue weighted by atomic mass is 32.1. The summed E-state index contributed by atoms with van der Waals surface area (Å²) in [6, 6.07) is 1.10. The lowest BCUT2D eigenvalue weighted by Crippen LogP contribution is -2.15. The fourth-order valence-corrected chi connectivity index (χ4v) is 2.26. The quantitative estimate of drug-likeness (QED) is 0.828. The first-order valence-electron chi connectivity index (χ1n) is 6.00. The molecule has 0 radical (unpaired) electrons. The lowest BCUT2D eigenvalue weighted by atomic mass is 10.6. The highest BCUT2D eigenvalue weighted by molar-refractivity contribution is 7.09. The predicted molar refractivity (Wildman–Crippen MR) is 68.3 cm³/mol. The Morgan fingerprint density at radius 1 is 1.39 bits per heavy atom. The van der Waals surface area contributed by atoms with E-state index in [1.165, 1.54) is 12.8 Å². The van der Waals surface area contributed by atoms with E-state index in [1.807, 2.05) is 12.3 Å². The number of thiazole rings is 1. The van der Waals surface area contributed by atoms with E-state index < -0.39 is 0 Å². The molecule has 3 rings (SSSR count). The van der Waals surface area contributed by atoms with Crippen LogP contribution in [0.5, 0.6) is 0 Å². The van der Waals surface area contributed by atoms with Crippen LogP contribution in [0.25, 0.3) is 0 Å². The van der Waals surface area contributed by atoms with Crippen LogP contribution in [0, 0.1) is 6.92 Å². The van der Waals surface area contributed by atoms with Crippen molar-refractivity contribution in [1.29, 1.82) is 0 Å². The molecule has 0 atom stereocenters. The summed E-state index contributed by atoms with van der Waals surface area (Å²) < 4.78 is 5.47. The number of rotatable bonds is 6. The molecular weight excluding hydrogens is 250 g/mol. The monoisotopic (exact) mass is 265 g/mol. The van der Waals surface area contributed by atoms with E-state index >= 15 is 0 Å². The molecular formula is C11H15N5OS. The number of anilines is 1. The highest BCUT2D eigenvalue weighted by Gasteiger charge is 2.21. The molecule has 18 heavy (non-hydrogen) atoms. The number of aromatic nitrogens is 3. The molecule has 0 unspecified atom stereocenters. The molecule has 0 spiro atoms. The predicted octanol–water partition coefficient (Wildman–Crippen LogP) is 1.70. The third-order valence-corrected chi connectivity index (χ3v) is 3.61. The Morgan fingerprint density at radius 3 is 3.00 bits per heavy atom. The summed E-state index contributed by atoms with van der Waals surface area (Å²) >= 11 is 1.62. The fourth-order valence-electron chi connectivity index (χ4n) is 1.55. The molecule has 0 aromatic carbocycles. The zero-order chi connectivity index (χ0) is 12.4. The first-order chi connectivity index (χ1) is 8.79. The molecule has 0 amide bonds. The Labute approximate surface area is 109 Å². The maximum absolute atomic E-state index is 5.47. The van der Waals surface area contributed by atoms with Crippen molar-refractivity contribution in [1.82, 2.24) is 20.5 Å². The van der Waals surface area contributed by atoms with Crippen molar-refractivity contribution in [2.75, 3.05) is 5.32 Å². The molecule has 6 nitrogen and oxygen atoms in total. The number of nitrogens with zero attached hydrogens (tertiary/aromatic N) is 3. The summed E-state index contributed by atoms with van der Waals surface area (Å²) in [6.45, 7) is 3.25. The van der Waals surface area contributed by atoms with E-state index in [0.717, 1.165) is 10.7 Å². The van der Waals surface area contributed by atoms with Crippen molar-refractivity contribution < 1.29 is 4.42 Å². The van der Waals surface area contributed by atoms with Crippen LogP contribution in [-0.2, 0) is 13.1 Å². The first kappa shape index (κ1) is 11.6. The average Bonchev–Trinajstić information content (AvgIpc) is 2.93. The minimum absolute atomic E-state index is 0.454. The molecule has 2 N–H and O–H groups in total. The van der Waals surface area contributed by atoms with E-state index in [4.69, 9.17) is 4.42 Å². The van der Waals surface area contributed by atoms with E-state index in [2.05, 4.69) is 25.8 Å². The van der Waals surface area contributed by atoms with Crippen molar-refractivity contribution in [2.24, 2.45) is 0 Å². The molecule has 2 aromatic rings. The van der Waals surface area contributed by atoms with E-state index in [9.17, 15) is 0 Å². The van der Waals surface area contributed by atoms with Crippen molar-refractivity contribution in [3.05, 3.63) is 22.0 Å². The van der Waals surface area contributed by atoms with E-state index in [1.54, 1.807) is 11.3 Å². The molecule has 2 aromatic heterocycles. The van der Waals surface area contributed by atoms with Crippen LogP contribution < -0.4 is 10.6 Å². The smallest absolute Gasteiger partial charge is 0.315 e. The van der Waals surface area contributed by atoms with Gasteiger partial charge in [0.05, 0.1) is 13.1 Å². The number of hydrogen-bond donors (Lipinski definition) is 2. The third kappa shape index (κ3) is 3.05. The van der Waals surface area contributed by atoms with Crippen LogP contribution in [0.4, 0.5) is 6.01 Å². The van der Waals surface area contributed by atoms with Crippen LogP contribution in [0.1, 0.15) is 29.4 Å². The molecule has 1 aliphatic carbocycles. The fraction of sp³-hybridized carbons (Fsp3) is 0.545. The molecule has 0 bridgehead atoms. The van der Waals surface area contributed by atoms with Gasteiger partial charge in [0.25, 0.3) is 0 Å². The van der Waals surface area contributed by atoms with Gasteiger partial charge in [-0.25, -0.2) is 4.98 Å². The normalized spacial score (nSPS) is 14.9. The second-order valence-electron chi connectivity index (χ2n) is 4.39. The average molecular weight is 265 g/mol. The van der Waals surface area contributed by atoms with Crippen molar-refractivity contribution in [2.45, 2.75) is 38.9 Å². The van der Waals surface area contributed by atoms with E-state index in [-0.39, 0.29) is 0 Å². The van der Waals surface area contributed by atoms with Gasteiger partial charge < -0.3 is 15.1 Å². The maximum Gasteiger partial charge on any atom is 0.315 e. The van der Waals surface area contributed by atoms with Crippen LogP contribution in [0.15, 0.2) is 9.80 Å². The van der Waals surface area contributed by atoms with Gasteiger partial charge >= 0.3 is 6.01 Å². The standard InChI is InChI=1S/C11H15N5OS/c1-7-6-18-10(14-7)5-13-11-16-15-9(17-11)4-12-8-2-3-8/h6,8,12H,2-5H2,1H3,(H,13,16). The Balaban J connectivity index is 1.49. The van der Waals surface area contributed by atoms with Gasteiger partial charge in [0.15, 0.2) is 0 Å². The van der Waals surface area contributed by atoms with Crippen molar-refractivity contribution in [3.63, 3.8) is 0 Å². The third-order valence-electron chi connectivity index (χ3n) is 2.64. The van der Waals surface area contributed by atoms with Crippen LogP contribution in [0.2, 0.25) is 0 Å². The first-order valence-corrected chi connectivity index (χ1v) is 6.88. The van der Waals surface area contributed by atoms with Crippen molar-refractivity contribution in [3.8, 4) is 0 Å². The summed E-state index contributed by atoms with van der Waals surface area (Å²) in [5, 5.41) is 17.4.